The summed E-state index contributed by atoms with van der Waals surface area (Å²) in [4.78, 5) is 11.1. The minimum atomic E-state index is 0.0629. The van der Waals surface area contributed by atoms with Gasteiger partial charge in [0.1, 0.15) is 0 Å². The van der Waals surface area contributed by atoms with Crippen molar-refractivity contribution in [3.05, 3.63) is 18.0 Å². The van der Waals surface area contributed by atoms with Gasteiger partial charge in [-0.15, -0.1) is 0 Å². The molecule has 1 unspecified atom stereocenters. The van der Waals surface area contributed by atoms with Gasteiger partial charge in [0.05, 0.1) is 24.4 Å². The number of carbonyl (C=O) groups excluding carboxylic acids is 1. The largest absolute Gasteiger partial charge is 0.379 e. The summed E-state index contributed by atoms with van der Waals surface area (Å²) in [6.07, 6.45) is 5.58. The summed E-state index contributed by atoms with van der Waals surface area (Å²) in [6.45, 7) is 3.11. The van der Waals surface area contributed by atoms with Crippen molar-refractivity contribution in [1.29, 1.82) is 0 Å². The van der Waals surface area contributed by atoms with Gasteiger partial charge in [0.25, 0.3) is 0 Å². The first-order chi connectivity index (χ1) is 6.77. The highest BCUT2D eigenvalue weighted by molar-refractivity contribution is 5.93. The third-order valence-electron chi connectivity index (χ3n) is 2.52. The third kappa shape index (κ3) is 1.85. The van der Waals surface area contributed by atoms with Gasteiger partial charge in [-0.3, -0.25) is 9.48 Å². The van der Waals surface area contributed by atoms with E-state index in [4.69, 9.17) is 4.74 Å². The molecule has 1 fully saturated rings. The maximum atomic E-state index is 11.1. The normalized spacial score (nSPS) is 22.2. The van der Waals surface area contributed by atoms with Crippen LogP contribution in [0.15, 0.2) is 12.4 Å². The predicted octanol–water partition coefficient (Wildman–Crippen LogP) is 1.44. The van der Waals surface area contributed by atoms with Crippen LogP contribution < -0.4 is 0 Å². The fourth-order valence-electron chi connectivity index (χ4n) is 1.65. The van der Waals surface area contributed by atoms with Crippen LogP contribution in [0.25, 0.3) is 0 Å². The van der Waals surface area contributed by atoms with Crippen molar-refractivity contribution in [3.63, 3.8) is 0 Å². The van der Waals surface area contributed by atoms with Crippen LogP contribution in [-0.2, 0) is 4.74 Å². The number of ether oxygens (including phenoxy) is 1. The second-order valence-corrected chi connectivity index (χ2v) is 3.64. The van der Waals surface area contributed by atoms with Gasteiger partial charge >= 0.3 is 0 Å². The van der Waals surface area contributed by atoms with Gasteiger partial charge in [0, 0.05) is 12.8 Å². The highest BCUT2D eigenvalue weighted by Gasteiger charge is 2.16. The number of Topliss-reactive ketones (excluding diaryl/α,β-unsaturated/α-hetero) is 1. The molecule has 0 amide bonds. The molecule has 1 aliphatic rings. The molecule has 0 radical (unpaired) electrons. The van der Waals surface area contributed by atoms with Gasteiger partial charge in [-0.1, -0.05) is 0 Å². The topological polar surface area (TPSA) is 44.1 Å². The molecule has 2 heterocycles. The van der Waals surface area contributed by atoms with Crippen molar-refractivity contribution < 1.29 is 9.53 Å². The Morgan fingerprint density at radius 2 is 2.57 bits per heavy atom. The minimum Gasteiger partial charge on any atom is -0.379 e. The van der Waals surface area contributed by atoms with Crippen molar-refractivity contribution >= 4 is 5.78 Å². The van der Waals surface area contributed by atoms with Crippen molar-refractivity contribution in [2.24, 2.45) is 0 Å². The second kappa shape index (κ2) is 3.92. The van der Waals surface area contributed by atoms with Gasteiger partial charge in [-0.05, 0) is 19.8 Å². The lowest BCUT2D eigenvalue weighted by molar-refractivity contribution is 0.0549. The Hall–Kier alpha value is -1.16. The smallest absolute Gasteiger partial charge is 0.162 e. The zero-order valence-electron chi connectivity index (χ0n) is 8.27. The standard InChI is InChI=1S/C10H14N2O2/c1-8(13)9-5-11-12(6-9)10-3-2-4-14-7-10/h5-6,10H,2-4,7H2,1H3. The van der Waals surface area contributed by atoms with E-state index in [-0.39, 0.29) is 5.78 Å². The molecule has 1 saturated heterocycles. The number of hydrogen-bond acceptors (Lipinski definition) is 3. The summed E-state index contributed by atoms with van der Waals surface area (Å²) in [5, 5.41) is 4.18. The molecule has 0 spiro atoms. The molecule has 0 aliphatic carbocycles. The Morgan fingerprint density at radius 1 is 1.71 bits per heavy atom. The van der Waals surface area contributed by atoms with Crippen LogP contribution >= 0.6 is 0 Å². The van der Waals surface area contributed by atoms with Crippen LogP contribution in [0.2, 0.25) is 0 Å². The lowest BCUT2D eigenvalue weighted by Gasteiger charge is -2.22. The van der Waals surface area contributed by atoms with E-state index in [0.29, 0.717) is 18.2 Å². The van der Waals surface area contributed by atoms with E-state index in [9.17, 15) is 4.79 Å². The van der Waals surface area contributed by atoms with Crippen molar-refractivity contribution in [2.75, 3.05) is 13.2 Å². The minimum absolute atomic E-state index is 0.0629. The Bertz CT molecular complexity index is 327. The first-order valence-corrected chi connectivity index (χ1v) is 4.90. The summed E-state index contributed by atoms with van der Waals surface area (Å²) in [6, 6.07) is 0.303. The summed E-state index contributed by atoms with van der Waals surface area (Å²) >= 11 is 0. The van der Waals surface area contributed by atoms with Crippen LogP contribution in [0.3, 0.4) is 0 Å². The van der Waals surface area contributed by atoms with Crippen molar-refractivity contribution in [2.45, 2.75) is 25.8 Å². The molecule has 0 saturated carbocycles. The number of carbonyl (C=O) groups is 1. The van der Waals surface area contributed by atoms with Gasteiger partial charge in [-0.25, -0.2) is 0 Å². The average Bonchev–Trinajstić information content (AvgIpc) is 2.68. The molecule has 1 aliphatic heterocycles. The highest BCUT2D eigenvalue weighted by Crippen LogP contribution is 2.18. The molecule has 4 heteroatoms. The molecule has 0 aromatic carbocycles. The number of rotatable bonds is 2. The molecular formula is C10H14N2O2. The van der Waals surface area contributed by atoms with Crippen molar-refractivity contribution in [3.8, 4) is 0 Å². The summed E-state index contributed by atoms with van der Waals surface area (Å²) in [7, 11) is 0. The van der Waals surface area contributed by atoms with E-state index in [1.807, 2.05) is 10.9 Å². The molecule has 0 bridgehead atoms. The first kappa shape index (κ1) is 9.40. The molecule has 1 aromatic heterocycles. The number of ketones is 1. The van der Waals surface area contributed by atoms with E-state index in [1.165, 1.54) is 0 Å². The van der Waals surface area contributed by atoms with E-state index in [2.05, 4.69) is 5.10 Å². The van der Waals surface area contributed by atoms with E-state index in [0.717, 1.165) is 19.4 Å². The number of hydrogen-bond donors (Lipinski definition) is 0. The summed E-state index contributed by atoms with van der Waals surface area (Å²) in [5.41, 5.74) is 0.676. The summed E-state index contributed by atoms with van der Waals surface area (Å²) < 4.78 is 7.20. The zero-order chi connectivity index (χ0) is 9.97. The summed E-state index contributed by atoms with van der Waals surface area (Å²) in [5.74, 6) is 0.0629. The average molecular weight is 194 g/mol. The SMILES string of the molecule is CC(=O)c1cnn(C2CCCOC2)c1. The van der Waals surface area contributed by atoms with Crippen LogP contribution in [0.5, 0.6) is 0 Å². The van der Waals surface area contributed by atoms with Crippen LogP contribution in [0.1, 0.15) is 36.2 Å². The fraction of sp³-hybridized carbons (Fsp3) is 0.600. The van der Waals surface area contributed by atoms with Gasteiger partial charge in [0.15, 0.2) is 5.78 Å². The third-order valence-corrected chi connectivity index (χ3v) is 2.52. The maximum absolute atomic E-state index is 11.1. The Balaban J connectivity index is 2.11. The van der Waals surface area contributed by atoms with E-state index < -0.39 is 0 Å². The fourth-order valence-corrected chi connectivity index (χ4v) is 1.65. The molecule has 76 valence electrons. The van der Waals surface area contributed by atoms with Gasteiger partial charge in [0.2, 0.25) is 0 Å². The Labute approximate surface area is 82.9 Å². The van der Waals surface area contributed by atoms with E-state index in [1.54, 1.807) is 13.1 Å². The Morgan fingerprint density at radius 3 is 3.14 bits per heavy atom. The molecular weight excluding hydrogens is 180 g/mol. The highest BCUT2D eigenvalue weighted by atomic mass is 16.5. The quantitative estimate of drug-likeness (QED) is 0.669. The van der Waals surface area contributed by atoms with Crippen LogP contribution in [0.4, 0.5) is 0 Å². The maximum Gasteiger partial charge on any atom is 0.162 e. The van der Waals surface area contributed by atoms with Gasteiger partial charge < -0.3 is 4.74 Å². The molecule has 1 atom stereocenters. The van der Waals surface area contributed by atoms with Gasteiger partial charge in [-0.2, -0.15) is 5.10 Å². The monoisotopic (exact) mass is 194 g/mol. The first-order valence-electron chi connectivity index (χ1n) is 4.90. The molecule has 1 aromatic rings. The lowest BCUT2D eigenvalue weighted by atomic mass is 10.1. The number of nitrogens with zero attached hydrogens (tertiary/aromatic N) is 2. The van der Waals surface area contributed by atoms with Crippen LogP contribution in [0, 0.1) is 0 Å². The molecule has 4 nitrogen and oxygen atoms in total. The Kier molecular flexibility index (Phi) is 2.63. The second-order valence-electron chi connectivity index (χ2n) is 3.64. The van der Waals surface area contributed by atoms with Crippen molar-refractivity contribution in [1.82, 2.24) is 9.78 Å². The lowest BCUT2D eigenvalue weighted by Crippen LogP contribution is -2.21. The van der Waals surface area contributed by atoms with E-state index >= 15 is 0 Å². The zero-order valence-corrected chi connectivity index (χ0v) is 8.27. The predicted molar refractivity (Wildman–Crippen MR) is 51.3 cm³/mol. The molecule has 14 heavy (non-hydrogen) atoms. The van der Waals surface area contributed by atoms with Crippen LogP contribution in [-0.4, -0.2) is 28.8 Å². The number of aromatic nitrogens is 2. The molecule has 0 N–H and O–H groups in total. The molecule has 2 rings (SSSR count).